The molecule has 2 aliphatic rings. The normalized spacial score (nSPS) is 20.4. The summed E-state index contributed by atoms with van der Waals surface area (Å²) in [6.07, 6.45) is 0.623. The molecule has 2 atom stereocenters. The summed E-state index contributed by atoms with van der Waals surface area (Å²) in [5.41, 5.74) is 5.78. The molecule has 1 heterocycles. The maximum absolute atomic E-state index is 12.9. The predicted octanol–water partition coefficient (Wildman–Crippen LogP) is 5.03. The molecule has 1 aliphatic heterocycles. The third-order valence-corrected chi connectivity index (χ3v) is 5.64. The Morgan fingerprint density at radius 3 is 2.26 bits per heavy atom. The lowest BCUT2D eigenvalue weighted by atomic mass is 9.78. The van der Waals surface area contributed by atoms with E-state index in [1.54, 1.807) is 0 Å². The van der Waals surface area contributed by atoms with E-state index in [4.69, 9.17) is 0 Å². The van der Waals surface area contributed by atoms with E-state index >= 15 is 0 Å². The van der Waals surface area contributed by atoms with Crippen molar-refractivity contribution in [3.63, 3.8) is 0 Å². The second-order valence-electron chi connectivity index (χ2n) is 7.16. The number of amides is 1. The molecule has 0 bridgehead atoms. The Labute approximate surface area is 158 Å². The number of allylic oxidation sites excluding steroid dienone is 1. The van der Waals surface area contributed by atoms with Gasteiger partial charge in [0.05, 0.1) is 5.92 Å². The van der Waals surface area contributed by atoms with Gasteiger partial charge < -0.3 is 10.4 Å². The first kappa shape index (κ1) is 15.9. The highest BCUT2D eigenvalue weighted by atomic mass is 16.3. The Morgan fingerprint density at radius 1 is 0.778 bits per heavy atom. The average Bonchev–Trinajstić information content (AvgIpc) is 3.17. The predicted molar refractivity (Wildman–Crippen MR) is 107 cm³/mol. The van der Waals surface area contributed by atoms with Crippen LogP contribution in [0.1, 0.15) is 34.1 Å². The third-order valence-electron chi connectivity index (χ3n) is 5.64. The summed E-state index contributed by atoms with van der Waals surface area (Å²) < 4.78 is 0. The van der Waals surface area contributed by atoms with Crippen LogP contribution in [-0.2, 0) is 11.2 Å². The van der Waals surface area contributed by atoms with Crippen molar-refractivity contribution < 1.29 is 9.90 Å². The molecule has 3 aromatic carbocycles. The van der Waals surface area contributed by atoms with Crippen molar-refractivity contribution >= 4 is 17.4 Å². The first-order chi connectivity index (χ1) is 13.2. The van der Waals surface area contributed by atoms with Gasteiger partial charge in [-0.25, -0.2) is 0 Å². The number of anilines is 1. The minimum Gasteiger partial charge on any atom is -0.507 e. The van der Waals surface area contributed by atoms with Crippen LogP contribution >= 0.6 is 0 Å². The van der Waals surface area contributed by atoms with E-state index in [9.17, 15) is 9.90 Å². The molecular weight excluding hydrogens is 334 g/mol. The third kappa shape index (κ3) is 2.47. The minimum absolute atomic E-state index is 0.00346. The Morgan fingerprint density at radius 2 is 1.44 bits per heavy atom. The van der Waals surface area contributed by atoms with Gasteiger partial charge in [0.25, 0.3) is 0 Å². The van der Waals surface area contributed by atoms with Gasteiger partial charge in [0.15, 0.2) is 0 Å². The molecule has 1 amide bonds. The van der Waals surface area contributed by atoms with Crippen LogP contribution in [0.3, 0.4) is 0 Å². The van der Waals surface area contributed by atoms with Crippen molar-refractivity contribution in [3.8, 4) is 0 Å². The highest BCUT2D eigenvalue weighted by Crippen LogP contribution is 2.52. The van der Waals surface area contributed by atoms with E-state index in [2.05, 4.69) is 17.4 Å². The second-order valence-corrected chi connectivity index (χ2v) is 7.16. The highest BCUT2D eigenvalue weighted by Gasteiger charge is 2.44. The Bertz CT molecular complexity index is 1070. The summed E-state index contributed by atoms with van der Waals surface area (Å²) in [4.78, 5) is 12.9. The molecule has 0 radical (unpaired) electrons. The van der Waals surface area contributed by atoms with Crippen molar-refractivity contribution in [1.29, 1.82) is 0 Å². The van der Waals surface area contributed by atoms with Gasteiger partial charge in [-0.3, -0.25) is 4.79 Å². The van der Waals surface area contributed by atoms with E-state index in [-0.39, 0.29) is 17.7 Å². The molecule has 27 heavy (non-hydrogen) atoms. The lowest BCUT2D eigenvalue weighted by Crippen LogP contribution is -2.20. The molecule has 0 saturated carbocycles. The number of para-hydroxylation sites is 1. The molecule has 2 N–H and O–H groups in total. The maximum atomic E-state index is 12.9. The topological polar surface area (TPSA) is 49.3 Å². The summed E-state index contributed by atoms with van der Waals surface area (Å²) in [7, 11) is 0. The van der Waals surface area contributed by atoms with Crippen LogP contribution in [0, 0.1) is 0 Å². The largest absolute Gasteiger partial charge is 0.507 e. The van der Waals surface area contributed by atoms with Gasteiger partial charge in [0.2, 0.25) is 5.91 Å². The van der Waals surface area contributed by atoms with Gasteiger partial charge >= 0.3 is 0 Å². The van der Waals surface area contributed by atoms with Crippen molar-refractivity contribution in [2.45, 2.75) is 18.3 Å². The standard InChI is InChI=1S/C24H19NO2/c26-23-17-11-5-4-10-16(17)21(19(23)14-15-8-2-1-3-9-15)22-18-12-6-7-13-20(18)25-24(22)27/h1-13,21-22,26H,14H2,(H,25,27). The quantitative estimate of drug-likeness (QED) is 0.694. The van der Waals surface area contributed by atoms with Crippen LogP contribution < -0.4 is 5.32 Å². The Kier molecular flexibility index (Phi) is 3.61. The molecule has 1 aliphatic carbocycles. The zero-order valence-corrected chi connectivity index (χ0v) is 14.7. The summed E-state index contributed by atoms with van der Waals surface area (Å²) >= 11 is 0. The number of carbonyl (C=O) groups is 1. The lowest BCUT2D eigenvalue weighted by molar-refractivity contribution is -0.117. The molecule has 5 rings (SSSR count). The van der Waals surface area contributed by atoms with Crippen LogP contribution in [0.4, 0.5) is 5.69 Å². The van der Waals surface area contributed by atoms with E-state index in [0.29, 0.717) is 12.2 Å². The number of rotatable bonds is 3. The first-order valence-electron chi connectivity index (χ1n) is 9.19. The molecular formula is C24H19NO2. The van der Waals surface area contributed by atoms with Gasteiger partial charge in [-0.2, -0.15) is 0 Å². The number of fused-ring (bicyclic) bond motifs is 2. The second kappa shape index (κ2) is 6.13. The molecule has 3 nitrogen and oxygen atoms in total. The fraction of sp³-hybridized carbons (Fsp3) is 0.125. The Balaban J connectivity index is 1.66. The van der Waals surface area contributed by atoms with Crippen LogP contribution in [-0.4, -0.2) is 11.0 Å². The SMILES string of the molecule is O=C1Nc2ccccc2C1C1C(Cc2ccccc2)=C(O)c2ccccc21. The number of aliphatic hydroxyl groups is 1. The number of hydrogen-bond acceptors (Lipinski definition) is 2. The number of carbonyl (C=O) groups excluding carboxylic acids is 1. The van der Waals surface area contributed by atoms with Crippen molar-refractivity contribution in [2.75, 3.05) is 5.32 Å². The van der Waals surface area contributed by atoms with Crippen LogP contribution in [0.25, 0.3) is 5.76 Å². The van der Waals surface area contributed by atoms with Gasteiger partial charge in [-0.1, -0.05) is 72.8 Å². The van der Waals surface area contributed by atoms with Crippen molar-refractivity contribution in [1.82, 2.24) is 0 Å². The first-order valence-corrected chi connectivity index (χ1v) is 9.19. The van der Waals surface area contributed by atoms with E-state index in [1.807, 2.05) is 66.7 Å². The van der Waals surface area contributed by atoms with Crippen LogP contribution in [0.5, 0.6) is 0 Å². The maximum Gasteiger partial charge on any atom is 0.232 e. The fourth-order valence-electron chi connectivity index (χ4n) is 4.45. The molecule has 3 aromatic rings. The fourth-order valence-corrected chi connectivity index (χ4v) is 4.45. The average molecular weight is 353 g/mol. The van der Waals surface area contributed by atoms with Crippen molar-refractivity contribution in [2.24, 2.45) is 0 Å². The highest BCUT2D eigenvalue weighted by molar-refractivity contribution is 6.04. The summed E-state index contributed by atoms with van der Waals surface area (Å²) in [5.74, 6) is -0.177. The molecule has 0 saturated heterocycles. The molecule has 0 aromatic heterocycles. The summed E-state index contributed by atoms with van der Waals surface area (Å²) in [6, 6.07) is 25.8. The van der Waals surface area contributed by atoms with Crippen LogP contribution in [0.15, 0.2) is 84.4 Å². The minimum atomic E-state index is -0.328. The number of aliphatic hydroxyl groups excluding tert-OH is 1. The zero-order chi connectivity index (χ0) is 18.4. The van der Waals surface area contributed by atoms with Gasteiger partial charge in [-0.05, 0) is 34.8 Å². The van der Waals surface area contributed by atoms with E-state index in [0.717, 1.165) is 33.5 Å². The smallest absolute Gasteiger partial charge is 0.232 e. The van der Waals surface area contributed by atoms with Crippen molar-refractivity contribution in [3.05, 3.63) is 107 Å². The van der Waals surface area contributed by atoms with Gasteiger partial charge in [0, 0.05) is 17.2 Å². The molecule has 132 valence electrons. The lowest BCUT2D eigenvalue weighted by Gasteiger charge is -2.22. The molecule has 2 unspecified atom stereocenters. The van der Waals surface area contributed by atoms with E-state index in [1.165, 1.54) is 0 Å². The van der Waals surface area contributed by atoms with E-state index < -0.39 is 0 Å². The summed E-state index contributed by atoms with van der Waals surface area (Å²) in [6.45, 7) is 0. The summed E-state index contributed by atoms with van der Waals surface area (Å²) in [5, 5.41) is 14.0. The molecule has 3 heteroatoms. The number of benzene rings is 3. The Hall–Kier alpha value is -3.33. The van der Waals surface area contributed by atoms with Gasteiger partial charge in [0.1, 0.15) is 5.76 Å². The molecule has 0 spiro atoms. The molecule has 0 fully saturated rings. The zero-order valence-electron chi connectivity index (χ0n) is 14.7. The van der Waals surface area contributed by atoms with Crippen LogP contribution in [0.2, 0.25) is 0 Å². The monoisotopic (exact) mass is 353 g/mol. The number of nitrogens with one attached hydrogen (secondary N) is 1. The number of hydrogen-bond donors (Lipinski definition) is 2. The van der Waals surface area contributed by atoms with Gasteiger partial charge in [-0.15, -0.1) is 0 Å².